The average molecular weight is 265 g/mol. The summed E-state index contributed by atoms with van der Waals surface area (Å²) in [7, 11) is 0. The van der Waals surface area contributed by atoms with E-state index in [9.17, 15) is 14.4 Å². The number of hydrogen-bond donors (Lipinski definition) is 1. The zero-order chi connectivity index (χ0) is 14.6. The molecule has 0 amide bonds. The van der Waals surface area contributed by atoms with Crippen LogP contribution in [0.5, 0.6) is 0 Å². The lowest BCUT2D eigenvalue weighted by Crippen LogP contribution is -2.31. The van der Waals surface area contributed by atoms with Gasteiger partial charge in [0.05, 0.1) is 5.56 Å². The molecular weight excluding hydrogens is 250 g/mol. The number of Topliss-reactive ketones (excluding diaryl/α,β-unsaturated/α-hetero) is 1. The third-order valence-corrected chi connectivity index (χ3v) is 2.37. The SMILES string of the molecule is C=CCOC(=O)c1nn(CC)c(=O)c(N)c1C(C)=O. The highest BCUT2D eigenvalue weighted by molar-refractivity contribution is 6.07. The van der Waals surface area contributed by atoms with Gasteiger partial charge in [0.2, 0.25) is 0 Å². The van der Waals surface area contributed by atoms with Crippen LogP contribution in [0.15, 0.2) is 17.4 Å². The summed E-state index contributed by atoms with van der Waals surface area (Å²) in [4.78, 5) is 35.1. The molecule has 0 unspecified atom stereocenters. The van der Waals surface area contributed by atoms with Crippen LogP contribution in [0.25, 0.3) is 0 Å². The Morgan fingerprint density at radius 3 is 2.63 bits per heavy atom. The average Bonchev–Trinajstić information content (AvgIpc) is 2.38. The largest absolute Gasteiger partial charge is 0.457 e. The quantitative estimate of drug-likeness (QED) is 0.469. The lowest BCUT2D eigenvalue weighted by Gasteiger charge is -2.10. The summed E-state index contributed by atoms with van der Waals surface area (Å²) in [5.74, 6) is -1.34. The number of anilines is 1. The number of nitrogens with two attached hydrogens (primary N) is 1. The van der Waals surface area contributed by atoms with Gasteiger partial charge in [0.15, 0.2) is 11.5 Å². The van der Waals surface area contributed by atoms with Gasteiger partial charge < -0.3 is 10.5 Å². The molecule has 102 valence electrons. The molecule has 0 radical (unpaired) electrons. The molecular formula is C12H15N3O4. The van der Waals surface area contributed by atoms with Crippen LogP contribution in [-0.2, 0) is 11.3 Å². The predicted molar refractivity (Wildman–Crippen MR) is 69.1 cm³/mol. The molecule has 0 atom stereocenters. The number of hydrogen-bond acceptors (Lipinski definition) is 6. The number of aryl methyl sites for hydroxylation is 1. The second-order valence-corrected chi connectivity index (χ2v) is 3.70. The minimum absolute atomic E-state index is 0.0248. The molecule has 0 fully saturated rings. The van der Waals surface area contributed by atoms with E-state index in [1.54, 1.807) is 6.92 Å². The molecule has 0 aliphatic carbocycles. The maximum Gasteiger partial charge on any atom is 0.359 e. The van der Waals surface area contributed by atoms with E-state index in [1.165, 1.54) is 13.0 Å². The summed E-state index contributed by atoms with van der Waals surface area (Å²) in [5, 5.41) is 3.82. The van der Waals surface area contributed by atoms with Crippen LogP contribution >= 0.6 is 0 Å². The van der Waals surface area contributed by atoms with Crippen LogP contribution in [0.2, 0.25) is 0 Å². The predicted octanol–water partition coefficient (Wildman–Crippen LogP) is 0.391. The third kappa shape index (κ3) is 2.87. The van der Waals surface area contributed by atoms with Crippen molar-refractivity contribution in [2.45, 2.75) is 20.4 Å². The Bertz CT molecular complexity index is 589. The molecule has 7 nitrogen and oxygen atoms in total. The molecule has 2 N–H and O–H groups in total. The summed E-state index contributed by atoms with van der Waals surface area (Å²) in [6.07, 6.45) is 1.38. The van der Waals surface area contributed by atoms with E-state index in [-0.39, 0.29) is 30.1 Å². The van der Waals surface area contributed by atoms with Gasteiger partial charge in [0, 0.05) is 6.54 Å². The third-order valence-electron chi connectivity index (χ3n) is 2.37. The van der Waals surface area contributed by atoms with Crippen LogP contribution in [0, 0.1) is 0 Å². The van der Waals surface area contributed by atoms with Gasteiger partial charge in [-0.1, -0.05) is 12.7 Å². The van der Waals surface area contributed by atoms with Crippen molar-refractivity contribution >= 4 is 17.4 Å². The second-order valence-electron chi connectivity index (χ2n) is 3.70. The van der Waals surface area contributed by atoms with E-state index >= 15 is 0 Å². The Morgan fingerprint density at radius 2 is 2.16 bits per heavy atom. The molecule has 7 heteroatoms. The van der Waals surface area contributed by atoms with Crippen molar-refractivity contribution in [3.05, 3.63) is 34.3 Å². The van der Waals surface area contributed by atoms with Gasteiger partial charge in [-0.15, -0.1) is 0 Å². The highest BCUT2D eigenvalue weighted by Gasteiger charge is 2.24. The molecule has 0 spiro atoms. The van der Waals surface area contributed by atoms with Crippen LogP contribution < -0.4 is 11.3 Å². The van der Waals surface area contributed by atoms with Crippen LogP contribution in [0.3, 0.4) is 0 Å². The summed E-state index contributed by atoms with van der Waals surface area (Å²) < 4.78 is 5.83. The minimum Gasteiger partial charge on any atom is -0.457 e. The summed E-state index contributed by atoms with van der Waals surface area (Å²) in [5.41, 5.74) is 4.24. The van der Waals surface area contributed by atoms with E-state index < -0.39 is 17.3 Å². The molecule has 1 rings (SSSR count). The van der Waals surface area contributed by atoms with Crippen LogP contribution in [0.1, 0.15) is 34.7 Å². The Hall–Kier alpha value is -2.44. The number of rotatable bonds is 5. The van der Waals surface area contributed by atoms with Crippen LogP contribution in [0.4, 0.5) is 5.69 Å². The number of ether oxygens (including phenoxy) is 1. The van der Waals surface area contributed by atoms with Gasteiger partial charge in [-0.05, 0) is 13.8 Å². The molecule has 0 saturated heterocycles. The highest BCUT2D eigenvalue weighted by Crippen LogP contribution is 2.13. The monoisotopic (exact) mass is 265 g/mol. The molecule has 1 aromatic rings. The van der Waals surface area contributed by atoms with Crippen molar-refractivity contribution in [3.8, 4) is 0 Å². The van der Waals surface area contributed by atoms with Gasteiger partial charge in [-0.25, -0.2) is 9.48 Å². The van der Waals surface area contributed by atoms with Gasteiger partial charge >= 0.3 is 5.97 Å². The van der Waals surface area contributed by atoms with Gasteiger partial charge in [0.1, 0.15) is 12.3 Å². The lowest BCUT2D eigenvalue weighted by molar-refractivity contribution is 0.0536. The molecule has 0 aliphatic rings. The smallest absolute Gasteiger partial charge is 0.359 e. The number of ketones is 1. The standard InChI is InChI=1S/C12H15N3O4/c1-4-6-19-12(18)10-8(7(3)16)9(13)11(17)15(5-2)14-10/h4H,1,5-6,13H2,2-3H3. The number of esters is 1. The van der Waals surface area contributed by atoms with E-state index in [0.29, 0.717) is 0 Å². The molecule has 19 heavy (non-hydrogen) atoms. The highest BCUT2D eigenvalue weighted by atomic mass is 16.5. The molecule has 0 saturated carbocycles. The fraction of sp³-hybridized carbons (Fsp3) is 0.333. The zero-order valence-corrected chi connectivity index (χ0v) is 10.8. The number of nitrogen functional groups attached to an aromatic ring is 1. The van der Waals surface area contributed by atoms with Gasteiger partial charge in [0.25, 0.3) is 5.56 Å². The topological polar surface area (TPSA) is 104 Å². The summed E-state index contributed by atoms with van der Waals surface area (Å²) >= 11 is 0. The molecule has 0 aromatic carbocycles. The van der Waals surface area contributed by atoms with Crippen molar-refractivity contribution < 1.29 is 14.3 Å². The summed E-state index contributed by atoms with van der Waals surface area (Å²) in [6.45, 7) is 6.47. The second kappa shape index (κ2) is 5.94. The van der Waals surface area contributed by atoms with Gasteiger partial charge in [-0.2, -0.15) is 5.10 Å². The molecule has 0 aliphatic heterocycles. The minimum atomic E-state index is -0.820. The van der Waals surface area contributed by atoms with Crippen molar-refractivity contribution in [3.63, 3.8) is 0 Å². The Kier molecular flexibility index (Phi) is 4.57. The van der Waals surface area contributed by atoms with Crippen molar-refractivity contribution in [2.24, 2.45) is 0 Å². The molecule has 0 bridgehead atoms. The van der Waals surface area contributed by atoms with Crippen molar-refractivity contribution in [1.82, 2.24) is 9.78 Å². The molecule has 1 aromatic heterocycles. The normalized spacial score (nSPS) is 10.0. The number of nitrogens with zero attached hydrogens (tertiary/aromatic N) is 2. The number of carbonyl (C=O) groups is 2. The van der Waals surface area contributed by atoms with E-state index in [1.807, 2.05) is 0 Å². The Morgan fingerprint density at radius 1 is 1.53 bits per heavy atom. The lowest BCUT2D eigenvalue weighted by atomic mass is 10.1. The maximum atomic E-state index is 11.8. The first kappa shape index (κ1) is 14.6. The first-order chi connectivity index (χ1) is 8.93. The summed E-state index contributed by atoms with van der Waals surface area (Å²) in [6, 6.07) is 0. The van der Waals surface area contributed by atoms with Crippen molar-refractivity contribution in [2.75, 3.05) is 12.3 Å². The first-order valence-electron chi connectivity index (χ1n) is 5.63. The Labute approximate surface area is 109 Å². The molecule has 1 heterocycles. The number of carbonyl (C=O) groups excluding carboxylic acids is 2. The van der Waals surface area contributed by atoms with E-state index in [4.69, 9.17) is 10.5 Å². The van der Waals surface area contributed by atoms with Gasteiger partial charge in [-0.3, -0.25) is 9.59 Å². The Balaban J connectivity index is 3.47. The fourth-order valence-corrected chi connectivity index (χ4v) is 1.51. The van der Waals surface area contributed by atoms with E-state index in [2.05, 4.69) is 11.7 Å². The maximum absolute atomic E-state index is 11.8. The zero-order valence-electron chi connectivity index (χ0n) is 10.8. The van der Waals surface area contributed by atoms with E-state index in [0.717, 1.165) is 4.68 Å². The van der Waals surface area contributed by atoms with Crippen LogP contribution in [-0.4, -0.2) is 28.1 Å². The van der Waals surface area contributed by atoms with Crippen molar-refractivity contribution in [1.29, 1.82) is 0 Å². The fourth-order valence-electron chi connectivity index (χ4n) is 1.51. The number of aromatic nitrogens is 2. The first-order valence-corrected chi connectivity index (χ1v) is 5.63.